The molecule has 2 rings (SSSR count). The van der Waals surface area contributed by atoms with E-state index in [1.165, 1.54) is 51.5 Å². The Morgan fingerprint density at radius 3 is 2.53 bits per heavy atom. The number of nitrogens with two attached hydrogens (primary N) is 1. The maximum atomic E-state index is 6.48. The zero-order chi connectivity index (χ0) is 14.0. The minimum absolute atomic E-state index is 0.407. The van der Waals surface area contributed by atoms with Gasteiger partial charge in [-0.3, -0.25) is 4.90 Å². The maximum absolute atomic E-state index is 6.48. The van der Waals surface area contributed by atoms with Crippen LogP contribution in [0.4, 0.5) is 0 Å². The molecule has 0 aromatic carbocycles. The Balaban J connectivity index is 2.05. The van der Waals surface area contributed by atoms with Gasteiger partial charge in [-0.05, 0) is 56.9 Å². The highest BCUT2D eigenvalue weighted by molar-refractivity contribution is 4.95. The monoisotopic (exact) mass is 266 g/mol. The molecule has 2 nitrogen and oxygen atoms in total. The van der Waals surface area contributed by atoms with E-state index in [1.54, 1.807) is 0 Å². The van der Waals surface area contributed by atoms with Crippen molar-refractivity contribution in [1.29, 1.82) is 0 Å². The predicted octanol–water partition coefficient (Wildman–Crippen LogP) is 3.79. The second-order valence-electron chi connectivity index (χ2n) is 7.67. The fourth-order valence-corrected chi connectivity index (χ4v) is 4.16. The first-order chi connectivity index (χ1) is 8.95. The van der Waals surface area contributed by atoms with Gasteiger partial charge in [-0.25, -0.2) is 0 Å². The molecule has 1 saturated heterocycles. The van der Waals surface area contributed by atoms with E-state index in [-0.39, 0.29) is 0 Å². The van der Waals surface area contributed by atoms with Gasteiger partial charge in [-0.2, -0.15) is 0 Å². The molecular weight excluding hydrogens is 232 g/mol. The van der Waals surface area contributed by atoms with Gasteiger partial charge in [0, 0.05) is 18.1 Å². The first-order valence-corrected chi connectivity index (χ1v) is 8.47. The SMILES string of the molecule is CCC(C)(C)C1CCC(N)C(N2CCCCC2C)C1. The Labute approximate surface area is 120 Å². The van der Waals surface area contributed by atoms with Crippen molar-refractivity contribution in [1.82, 2.24) is 4.90 Å². The molecule has 2 fully saturated rings. The van der Waals surface area contributed by atoms with Crippen LogP contribution in [0.1, 0.15) is 72.6 Å². The fourth-order valence-electron chi connectivity index (χ4n) is 4.16. The summed E-state index contributed by atoms with van der Waals surface area (Å²) >= 11 is 0. The largest absolute Gasteiger partial charge is 0.326 e. The standard InChI is InChI=1S/C17H34N2/c1-5-17(3,4)14-9-10-15(18)16(12-14)19-11-7-6-8-13(19)2/h13-16H,5-12,18H2,1-4H3. The molecule has 4 unspecified atom stereocenters. The summed E-state index contributed by atoms with van der Waals surface area (Å²) in [5.41, 5.74) is 6.96. The third-order valence-corrected chi connectivity index (χ3v) is 6.17. The Morgan fingerprint density at radius 2 is 1.89 bits per heavy atom. The van der Waals surface area contributed by atoms with Crippen LogP contribution < -0.4 is 5.73 Å². The van der Waals surface area contributed by atoms with Crippen molar-refractivity contribution in [3.8, 4) is 0 Å². The van der Waals surface area contributed by atoms with Crippen LogP contribution in [0.15, 0.2) is 0 Å². The van der Waals surface area contributed by atoms with Gasteiger partial charge < -0.3 is 5.73 Å². The van der Waals surface area contributed by atoms with E-state index in [0.29, 0.717) is 17.5 Å². The van der Waals surface area contributed by atoms with E-state index in [9.17, 15) is 0 Å². The highest BCUT2D eigenvalue weighted by Crippen LogP contribution is 2.42. The minimum atomic E-state index is 0.407. The number of hydrogen-bond acceptors (Lipinski definition) is 2. The van der Waals surface area contributed by atoms with Gasteiger partial charge in [-0.15, -0.1) is 0 Å². The molecule has 1 heterocycles. The van der Waals surface area contributed by atoms with Crippen molar-refractivity contribution in [3.05, 3.63) is 0 Å². The fraction of sp³-hybridized carbons (Fsp3) is 1.00. The topological polar surface area (TPSA) is 29.3 Å². The van der Waals surface area contributed by atoms with Crippen molar-refractivity contribution in [2.45, 2.75) is 90.8 Å². The molecule has 0 spiro atoms. The number of rotatable bonds is 3. The van der Waals surface area contributed by atoms with Gasteiger partial charge in [0.2, 0.25) is 0 Å². The van der Waals surface area contributed by atoms with Crippen molar-refractivity contribution in [3.63, 3.8) is 0 Å². The quantitative estimate of drug-likeness (QED) is 0.842. The molecular formula is C17H34N2. The van der Waals surface area contributed by atoms with Crippen LogP contribution in [0.25, 0.3) is 0 Å². The molecule has 112 valence electrons. The average molecular weight is 266 g/mol. The Bertz CT molecular complexity index is 287. The first kappa shape index (κ1) is 15.3. The smallest absolute Gasteiger partial charge is 0.0252 e. The zero-order valence-electron chi connectivity index (χ0n) is 13.5. The van der Waals surface area contributed by atoms with Crippen molar-refractivity contribution in [2.24, 2.45) is 17.1 Å². The highest BCUT2D eigenvalue weighted by atomic mass is 15.2. The normalized spacial score (nSPS) is 38.4. The molecule has 19 heavy (non-hydrogen) atoms. The van der Waals surface area contributed by atoms with Crippen LogP contribution in [0.3, 0.4) is 0 Å². The average Bonchev–Trinajstić information content (AvgIpc) is 2.40. The second-order valence-corrected chi connectivity index (χ2v) is 7.67. The molecule has 2 aliphatic rings. The maximum Gasteiger partial charge on any atom is 0.0252 e. The van der Waals surface area contributed by atoms with E-state index in [1.807, 2.05) is 0 Å². The lowest BCUT2D eigenvalue weighted by Gasteiger charge is -2.49. The summed E-state index contributed by atoms with van der Waals surface area (Å²) in [5, 5.41) is 0. The van der Waals surface area contributed by atoms with Crippen molar-refractivity contribution >= 4 is 0 Å². The summed E-state index contributed by atoms with van der Waals surface area (Å²) in [5.74, 6) is 0.858. The third-order valence-electron chi connectivity index (χ3n) is 6.17. The molecule has 0 radical (unpaired) electrons. The van der Waals surface area contributed by atoms with Crippen LogP contribution in [-0.4, -0.2) is 29.6 Å². The summed E-state index contributed by atoms with van der Waals surface area (Å²) in [7, 11) is 0. The predicted molar refractivity (Wildman–Crippen MR) is 83.2 cm³/mol. The van der Waals surface area contributed by atoms with Gasteiger partial charge in [-0.1, -0.05) is 33.6 Å². The second kappa shape index (κ2) is 6.13. The molecule has 0 aromatic heterocycles. The van der Waals surface area contributed by atoms with Crippen LogP contribution >= 0.6 is 0 Å². The summed E-state index contributed by atoms with van der Waals surface area (Å²) in [6.07, 6.45) is 9.31. The molecule has 1 aliphatic carbocycles. The van der Waals surface area contributed by atoms with E-state index in [0.717, 1.165) is 12.0 Å². The van der Waals surface area contributed by atoms with Crippen LogP contribution in [0.2, 0.25) is 0 Å². The number of nitrogens with zero attached hydrogens (tertiary/aromatic N) is 1. The molecule has 0 aromatic rings. The van der Waals surface area contributed by atoms with Gasteiger partial charge in [0.05, 0.1) is 0 Å². The molecule has 0 bridgehead atoms. The van der Waals surface area contributed by atoms with Gasteiger partial charge in [0.25, 0.3) is 0 Å². The van der Waals surface area contributed by atoms with Crippen LogP contribution in [-0.2, 0) is 0 Å². The molecule has 1 aliphatic heterocycles. The lowest BCUT2D eigenvalue weighted by Crippen LogP contribution is -2.56. The van der Waals surface area contributed by atoms with E-state index < -0.39 is 0 Å². The number of likely N-dealkylation sites (tertiary alicyclic amines) is 1. The zero-order valence-corrected chi connectivity index (χ0v) is 13.5. The molecule has 1 saturated carbocycles. The van der Waals surface area contributed by atoms with Crippen molar-refractivity contribution < 1.29 is 0 Å². The Kier molecular flexibility index (Phi) is 4.94. The van der Waals surface area contributed by atoms with Crippen LogP contribution in [0, 0.1) is 11.3 Å². The van der Waals surface area contributed by atoms with E-state index in [4.69, 9.17) is 5.73 Å². The number of hydrogen-bond donors (Lipinski definition) is 1. The van der Waals surface area contributed by atoms with E-state index in [2.05, 4.69) is 32.6 Å². The van der Waals surface area contributed by atoms with Gasteiger partial charge in [0.1, 0.15) is 0 Å². The minimum Gasteiger partial charge on any atom is -0.326 e. The lowest BCUT2D eigenvalue weighted by atomic mass is 9.67. The molecule has 0 amide bonds. The van der Waals surface area contributed by atoms with Crippen LogP contribution in [0.5, 0.6) is 0 Å². The first-order valence-electron chi connectivity index (χ1n) is 8.47. The Hall–Kier alpha value is -0.0800. The van der Waals surface area contributed by atoms with Crippen molar-refractivity contribution in [2.75, 3.05) is 6.54 Å². The summed E-state index contributed by atoms with van der Waals surface area (Å²) in [6.45, 7) is 10.9. The van der Waals surface area contributed by atoms with Gasteiger partial charge >= 0.3 is 0 Å². The summed E-state index contributed by atoms with van der Waals surface area (Å²) in [4.78, 5) is 2.74. The summed E-state index contributed by atoms with van der Waals surface area (Å²) in [6, 6.07) is 1.79. The number of piperidine rings is 1. The highest BCUT2D eigenvalue weighted by Gasteiger charge is 2.39. The third kappa shape index (κ3) is 3.33. The van der Waals surface area contributed by atoms with Gasteiger partial charge in [0.15, 0.2) is 0 Å². The molecule has 2 N–H and O–H groups in total. The Morgan fingerprint density at radius 1 is 1.16 bits per heavy atom. The molecule has 2 heteroatoms. The van der Waals surface area contributed by atoms with E-state index >= 15 is 0 Å². The lowest BCUT2D eigenvalue weighted by molar-refractivity contribution is 0.0248. The summed E-state index contributed by atoms with van der Waals surface area (Å²) < 4.78 is 0. The molecule has 4 atom stereocenters.